The predicted octanol–water partition coefficient (Wildman–Crippen LogP) is 2.57. The number of hydrogen-bond donors (Lipinski definition) is 0. The fourth-order valence-electron chi connectivity index (χ4n) is 1.66. The van der Waals surface area contributed by atoms with Crippen LogP contribution in [0.3, 0.4) is 0 Å². The highest BCUT2D eigenvalue weighted by molar-refractivity contribution is 5.77. The number of imidazole rings is 1. The molecule has 1 aromatic heterocycles. The van der Waals surface area contributed by atoms with Crippen LogP contribution in [0, 0.1) is 25.2 Å². The van der Waals surface area contributed by atoms with Gasteiger partial charge in [0.25, 0.3) is 0 Å². The molecule has 3 heteroatoms. The van der Waals surface area contributed by atoms with Gasteiger partial charge in [-0.1, -0.05) is 0 Å². The first-order chi connectivity index (χ1) is 7.22. The molecule has 0 radical (unpaired) electrons. The zero-order valence-corrected chi connectivity index (χ0v) is 8.99. The summed E-state index contributed by atoms with van der Waals surface area (Å²) in [7, 11) is 0. The third-order valence-electron chi connectivity index (χ3n) is 2.70. The maximum Gasteiger partial charge on any atom is 0.0958 e. The summed E-state index contributed by atoms with van der Waals surface area (Å²) in [5, 5.41) is 8.55. The molecule has 0 aliphatic rings. The second-order valence-electron chi connectivity index (χ2n) is 3.77. The molecule has 0 unspecified atom stereocenters. The number of aryl methyl sites for hydroxylation is 3. The normalized spacial score (nSPS) is 10.5. The van der Waals surface area contributed by atoms with E-state index in [1.807, 2.05) is 4.57 Å². The van der Waals surface area contributed by atoms with E-state index in [9.17, 15) is 0 Å². The van der Waals surface area contributed by atoms with Gasteiger partial charge in [0.15, 0.2) is 0 Å². The number of fused-ring (bicyclic) bond motifs is 1. The van der Waals surface area contributed by atoms with Crippen molar-refractivity contribution in [1.82, 2.24) is 9.55 Å². The first-order valence-corrected chi connectivity index (χ1v) is 5.01. The van der Waals surface area contributed by atoms with Gasteiger partial charge in [0.05, 0.1) is 29.9 Å². The van der Waals surface area contributed by atoms with Gasteiger partial charge in [-0.2, -0.15) is 5.26 Å². The van der Waals surface area contributed by atoms with Gasteiger partial charge in [-0.3, -0.25) is 0 Å². The molecule has 0 aliphatic heterocycles. The summed E-state index contributed by atoms with van der Waals surface area (Å²) in [4.78, 5) is 4.33. The molecule has 3 nitrogen and oxygen atoms in total. The van der Waals surface area contributed by atoms with Crippen molar-refractivity contribution in [2.45, 2.75) is 26.8 Å². The summed E-state index contributed by atoms with van der Waals surface area (Å²) in [5.74, 6) is 0. The lowest BCUT2D eigenvalue weighted by Crippen LogP contribution is -1.95. The minimum Gasteiger partial charge on any atom is -0.330 e. The summed E-state index contributed by atoms with van der Waals surface area (Å²) in [6, 6.07) is 6.37. The topological polar surface area (TPSA) is 41.6 Å². The zero-order chi connectivity index (χ0) is 10.8. The van der Waals surface area contributed by atoms with Gasteiger partial charge in [0.2, 0.25) is 0 Å². The van der Waals surface area contributed by atoms with Crippen LogP contribution in [0.15, 0.2) is 18.5 Å². The molecular formula is C12H13N3. The van der Waals surface area contributed by atoms with Crippen LogP contribution in [-0.2, 0) is 6.54 Å². The lowest BCUT2D eigenvalue weighted by molar-refractivity contribution is 0.736. The minimum absolute atomic E-state index is 0.526. The Morgan fingerprint density at radius 3 is 2.80 bits per heavy atom. The summed E-state index contributed by atoms with van der Waals surface area (Å²) in [6.07, 6.45) is 2.33. The highest BCUT2D eigenvalue weighted by atomic mass is 15.0. The number of hydrogen-bond acceptors (Lipinski definition) is 2. The van der Waals surface area contributed by atoms with Gasteiger partial charge in [-0.25, -0.2) is 4.98 Å². The second kappa shape index (κ2) is 3.74. The van der Waals surface area contributed by atoms with Crippen molar-refractivity contribution in [1.29, 1.82) is 5.26 Å². The van der Waals surface area contributed by atoms with Crippen molar-refractivity contribution in [3.8, 4) is 6.07 Å². The summed E-state index contributed by atoms with van der Waals surface area (Å²) >= 11 is 0. The largest absolute Gasteiger partial charge is 0.330 e. The molecule has 2 aromatic rings. The van der Waals surface area contributed by atoms with Crippen LogP contribution in [-0.4, -0.2) is 9.55 Å². The van der Waals surface area contributed by atoms with Crippen LogP contribution in [0.25, 0.3) is 11.0 Å². The van der Waals surface area contributed by atoms with Crippen molar-refractivity contribution >= 4 is 11.0 Å². The molecule has 1 aromatic carbocycles. The third kappa shape index (κ3) is 1.71. The van der Waals surface area contributed by atoms with Gasteiger partial charge in [-0.15, -0.1) is 0 Å². The van der Waals surface area contributed by atoms with Crippen molar-refractivity contribution in [2.75, 3.05) is 0 Å². The van der Waals surface area contributed by atoms with E-state index in [1.165, 1.54) is 11.1 Å². The highest BCUT2D eigenvalue weighted by Gasteiger charge is 2.04. The molecule has 0 fully saturated rings. The van der Waals surface area contributed by atoms with Gasteiger partial charge in [0.1, 0.15) is 0 Å². The van der Waals surface area contributed by atoms with Gasteiger partial charge >= 0.3 is 0 Å². The average molecular weight is 199 g/mol. The van der Waals surface area contributed by atoms with Crippen molar-refractivity contribution < 1.29 is 0 Å². The van der Waals surface area contributed by atoms with E-state index in [2.05, 4.69) is 37.0 Å². The van der Waals surface area contributed by atoms with Crippen molar-refractivity contribution in [3.63, 3.8) is 0 Å². The maximum atomic E-state index is 8.55. The molecule has 15 heavy (non-hydrogen) atoms. The fourth-order valence-corrected chi connectivity index (χ4v) is 1.66. The van der Waals surface area contributed by atoms with E-state index in [0.29, 0.717) is 6.42 Å². The number of nitriles is 1. The molecule has 0 saturated carbocycles. The van der Waals surface area contributed by atoms with Crippen molar-refractivity contribution in [3.05, 3.63) is 29.6 Å². The Kier molecular flexibility index (Phi) is 2.42. The SMILES string of the molecule is Cc1cc2ncn(CCC#N)c2cc1C. The fraction of sp³-hybridized carbons (Fsp3) is 0.333. The number of aromatic nitrogens is 2. The van der Waals surface area contributed by atoms with Crippen LogP contribution >= 0.6 is 0 Å². The first kappa shape index (κ1) is 9.72. The Morgan fingerprint density at radius 1 is 1.33 bits per heavy atom. The summed E-state index contributed by atoms with van der Waals surface area (Å²) in [6.45, 7) is 4.90. The third-order valence-corrected chi connectivity index (χ3v) is 2.70. The standard InChI is InChI=1S/C12H13N3/c1-9-6-11-12(7-10(9)2)15(8-14-11)5-3-4-13/h6-8H,3,5H2,1-2H3. The van der Waals surface area contributed by atoms with Gasteiger partial charge in [-0.05, 0) is 37.1 Å². The Labute approximate surface area is 89.0 Å². The molecule has 0 atom stereocenters. The molecule has 0 bridgehead atoms. The molecule has 0 aliphatic carbocycles. The van der Waals surface area contributed by atoms with Crippen LogP contribution in [0.1, 0.15) is 17.5 Å². The number of rotatable bonds is 2. The van der Waals surface area contributed by atoms with Gasteiger partial charge < -0.3 is 4.57 Å². The Morgan fingerprint density at radius 2 is 2.07 bits per heavy atom. The smallest absolute Gasteiger partial charge is 0.0958 e. The lowest BCUT2D eigenvalue weighted by atomic mass is 10.1. The highest BCUT2D eigenvalue weighted by Crippen LogP contribution is 2.18. The molecule has 2 rings (SSSR count). The van der Waals surface area contributed by atoms with Crippen LogP contribution in [0.5, 0.6) is 0 Å². The summed E-state index contributed by atoms with van der Waals surface area (Å²) in [5.41, 5.74) is 4.65. The lowest BCUT2D eigenvalue weighted by Gasteiger charge is -2.03. The zero-order valence-electron chi connectivity index (χ0n) is 8.99. The Bertz CT molecular complexity index is 532. The molecule has 0 saturated heterocycles. The molecule has 0 amide bonds. The van der Waals surface area contributed by atoms with E-state index in [0.717, 1.165) is 17.6 Å². The molecular weight excluding hydrogens is 186 g/mol. The van der Waals surface area contributed by atoms with E-state index in [4.69, 9.17) is 5.26 Å². The Hall–Kier alpha value is -1.82. The van der Waals surface area contributed by atoms with Crippen molar-refractivity contribution in [2.24, 2.45) is 0 Å². The van der Waals surface area contributed by atoms with E-state index in [-0.39, 0.29) is 0 Å². The van der Waals surface area contributed by atoms with Gasteiger partial charge in [0, 0.05) is 6.54 Å². The van der Waals surface area contributed by atoms with Crippen LogP contribution < -0.4 is 0 Å². The Balaban J connectivity index is 2.50. The van der Waals surface area contributed by atoms with Crippen LogP contribution in [0.2, 0.25) is 0 Å². The first-order valence-electron chi connectivity index (χ1n) is 5.01. The molecule has 0 spiro atoms. The quantitative estimate of drug-likeness (QED) is 0.745. The second-order valence-corrected chi connectivity index (χ2v) is 3.77. The van der Waals surface area contributed by atoms with Crippen LogP contribution in [0.4, 0.5) is 0 Å². The summed E-state index contributed by atoms with van der Waals surface area (Å²) < 4.78 is 2.03. The van der Waals surface area contributed by atoms with E-state index < -0.39 is 0 Å². The molecule has 0 N–H and O–H groups in total. The average Bonchev–Trinajstić information content (AvgIpc) is 2.59. The van der Waals surface area contributed by atoms with E-state index in [1.54, 1.807) is 6.33 Å². The molecule has 76 valence electrons. The molecule has 1 heterocycles. The number of nitrogens with zero attached hydrogens (tertiary/aromatic N) is 3. The number of benzene rings is 1. The minimum atomic E-state index is 0.526. The predicted molar refractivity (Wildman–Crippen MR) is 59.4 cm³/mol. The van der Waals surface area contributed by atoms with E-state index >= 15 is 0 Å². The maximum absolute atomic E-state index is 8.55. The monoisotopic (exact) mass is 199 g/mol.